The van der Waals surface area contributed by atoms with Crippen LogP contribution in [0, 0.1) is 0 Å². The highest BCUT2D eigenvalue weighted by Gasteiger charge is 2.14. The maximum atomic E-state index is 10.4. The number of nitrogens with one attached hydrogen (secondary N) is 1. The number of aliphatic hydroxyl groups excluding tert-OH is 1. The molecule has 1 aromatic rings. The monoisotopic (exact) mass is 248 g/mol. The number of aliphatic carboxylic acids is 1. The Labute approximate surface area is 105 Å². The lowest BCUT2D eigenvalue weighted by molar-refractivity contribution is -0.139. The molecule has 96 valence electrons. The second-order valence-electron chi connectivity index (χ2n) is 4.41. The van der Waals surface area contributed by atoms with Gasteiger partial charge in [0, 0.05) is 0 Å². The highest BCUT2D eigenvalue weighted by atomic mass is 16.4. The van der Waals surface area contributed by atoms with E-state index in [4.69, 9.17) is 5.11 Å². The molecule has 5 nitrogen and oxygen atoms in total. The molecule has 0 spiro atoms. The predicted molar refractivity (Wildman–Crippen MR) is 67.6 cm³/mol. The molecule has 0 radical (unpaired) electrons. The van der Waals surface area contributed by atoms with Gasteiger partial charge in [-0.25, -0.2) is 0 Å². The summed E-state index contributed by atoms with van der Waals surface area (Å²) in [5, 5.41) is 21.2. The minimum atomic E-state index is -0.980. The van der Waals surface area contributed by atoms with Crippen LogP contribution in [0.5, 0.6) is 0 Å². The molecule has 5 heteroatoms. The van der Waals surface area contributed by atoms with E-state index in [0.717, 1.165) is 17.7 Å². The molecule has 1 aliphatic rings. The minimum Gasteiger partial charge on any atom is -0.481 e. The van der Waals surface area contributed by atoms with Crippen LogP contribution in [-0.2, 0) is 11.2 Å². The van der Waals surface area contributed by atoms with Crippen molar-refractivity contribution < 1.29 is 15.0 Å². The third-order valence-electron chi connectivity index (χ3n) is 2.92. The summed E-state index contributed by atoms with van der Waals surface area (Å²) in [7, 11) is 0. The van der Waals surface area contributed by atoms with Crippen LogP contribution >= 0.6 is 0 Å². The van der Waals surface area contributed by atoms with E-state index in [1.807, 2.05) is 24.3 Å². The molecule has 18 heavy (non-hydrogen) atoms. The molecule has 0 aliphatic carbocycles. The lowest BCUT2D eigenvalue weighted by atomic mass is 10.0. The minimum absolute atomic E-state index is 0.222. The fourth-order valence-electron chi connectivity index (χ4n) is 1.99. The van der Waals surface area contributed by atoms with Crippen molar-refractivity contribution in [2.45, 2.75) is 25.0 Å². The van der Waals surface area contributed by atoms with Gasteiger partial charge in [-0.15, -0.1) is 0 Å². The molecule has 2 unspecified atom stereocenters. The Balaban J connectivity index is 1.93. The number of hydrogen-bond acceptors (Lipinski definition) is 4. The summed E-state index contributed by atoms with van der Waals surface area (Å²) >= 11 is 0. The first kappa shape index (κ1) is 12.6. The highest BCUT2D eigenvalue weighted by Crippen LogP contribution is 2.17. The summed E-state index contributed by atoms with van der Waals surface area (Å²) in [6.45, 7) is 0.737. The Morgan fingerprint density at radius 3 is 2.72 bits per heavy atom. The molecule has 1 aliphatic heterocycles. The zero-order valence-electron chi connectivity index (χ0n) is 9.91. The molecule has 2 rings (SSSR count). The van der Waals surface area contributed by atoms with Crippen LogP contribution < -0.4 is 5.32 Å². The number of carbonyl (C=O) groups is 1. The summed E-state index contributed by atoms with van der Waals surface area (Å²) in [6, 6.07) is 8.02. The maximum Gasteiger partial charge on any atom is 0.305 e. The van der Waals surface area contributed by atoms with E-state index in [-0.39, 0.29) is 12.5 Å². The van der Waals surface area contributed by atoms with E-state index < -0.39 is 12.1 Å². The van der Waals surface area contributed by atoms with Gasteiger partial charge in [0.1, 0.15) is 0 Å². The van der Waals surface area contributed by atoms with E-state index in [2.05, 4.69) is 10.3 Å². The van der Waals surface area contributed by atoms with Gasteiger partial charge in [-0.2, -0.15) is 0 Å². The quantitative estimate of drug-likeness (QED) is 0.717. The number of benzene rings is 1. The Hall–Kier alpha value is -1.88. The van der Waals surface area contributed by atoms with E-state index in [9.17, 15) is 9.90 Å². The molecule has 0 aromatic heterocycles. The van der Waals surface area contributed by atoms with Gasteiger partial charge < -0.3 is 15.5 Å². The second-order valence-corrected chi connectivity index (χ2v) is 4.41. The van der Waals surface area contributed by atoms with Crippen molar-refractivity contribution in [3.63, 3.8) is 0 Å². The summed E-state index contributed by atoms with van der Waals surface area (Å²) in [6.07, 6.45) is 1.01. The van der Waals surface area contributed by atoms with Gasteiger partial charge in [0.15, 0.2) is 0 Å². The van der Waals surface area contributed by atoms with Crippen molar-refractivity contribution in [2.75, 3.05) is 6.54 Å². The largest absolute Gasteiger partial charge is 0.481 e. The Morgan fingerprint density at radius 1 is 1.44 bits per heavy atom. The Bertz CT molecular complexity index is 434. The van der Waals surface area contributed by atoms with Crippen LogP contribution in [0.1, 0.15) is 23.6 Å². The van der Waals surface area contributed by atoms with Gasteiger partial charge in [-0.3, -0.25) is 9.79 Å². The Morgan fingerprint density at radius 2 is 2.17 bits per heavy atom. The first-order valence-electron chi connectivity index (χ1n) is 5.88. The summed E-state index contributed by atoms with van der Waals surface area (Å²) < 4.78 is 0. The van der Waals surface area contributed by atoms with E-state index >= 15 is 0 Å². The molecule has 3 N–H and O–H groups in total. The van der Waals surface area contributed by atoms with Crippen molar-refractivity contribution in [2.24, 2.45) is 4.99 Å². The maximum absolute atomic E-state index is 10.4. The van der Waals surface area contributed by atoms with E-state index in [0.29, 0.717) is 6.42 Å². The van der Waals surface area contributed by atoms with Crippen LogP contribution in [0.25, 0.3) is 0 Å². The van der Waals surface area contributed by atoms with Crippen molar-refractivity contribution in [3.05, 3.63) is 35.4 Å². The number of nitrogens with zero attached hydrogens (tertiary/aromatic N) is 1. The van der Waals surface area contributed by atoms with Crippen molar-refractivity contribution in [1.82, 2.24) is 5.32 Å². The lowest BCUT2D eigenvalue weighted by Gasteiger charge is -2.12. The van der Waals surface area contributed by atoms with Crippen LogP contribution in [0.4, 0.5) is 0 Å². The first-order valence-corrected chi connectivity index (χ1v) is 5.88. The molecule has 1 heterocycles. The smallest absolute Gasteiger partial charge is 0.305 e. The fraction of sp³-hybridized carbons (Fsp3) is 0.385. The molecular formula is C13H16N2O3. The van der Waals surface area contributed by atoms with E-state index in [1.54, 1.807) is 6.34 Å². The van der Waals surface area contributed by atoms with Crippen molar-refractivity contribution in [3.8, 4) is 0 Å². The fourth-order valence-corrected chi connectivity index (χ4v) is 1.99. The number of aliphatic imine (C=N–C) groups is 1. The average molecular weight is 248 g/mol. The number of aliphatic hydroxyl groups is 1. The van der Waals surface area contributed by atoms with Crippen molar-refractivity contribution >= 4 is 12.3 Å². The van der Waals surface area contributed by atoms with Gasteiger partial charge in [0.25, 0.3) is 0 Å². The number of rotatable bonds is 5. The summed E-state index contributed by atoms with van der Waals surface area (Å²) in [5.74, 6) is -0.980. The van der Waals surface area contributed by atoms with Crippen LogP contribution in [0.2, 0.25) is 0 Å². The van der Waals surface area contributed by atoms with Crippen LogP contribution in [0.3, 0.4) is 0 Å². The molecule has 2 atom stereocenters. The molecule has 0 saturated carbocycles. The topological polar surface area (TPSA) is 81.9 Å². The highest BCUT2D eigenvalue weighted by molar-refractivity contribution is 5.67. The Kier molecular flexibility index (Phi) is 3.94. The van der Waals surface area contributed by atoms with Gasteiger partial charge in [-0.1, -0.05) is 24.3 Å². The molecule has 1 aromatic carbocycles. The predicted octanol–water partition coefficient (Wildman–Crippen LogP) is 0.737. The van der Waals surface area contributed by atoms with Gasteiger partial charge >= 0.3 is 5.97 Å². The molecular weight excluding hydrogens is 232 g/mol. The normalized spacial score (nSPS) is 19.5. The van der Waals surface area contributed by atoms with Crippen molar-refractivity contribution in [1.29, 1.82) is 0 Å². The van der Waals surface area contributed by atoms with Gasteiger partial charge in [-0.05, 0) is 17.5 Å². The standard InChI is InChI=1S/C13H16N2O3/c16-11(6-13(17)18)5-9-1-3-10(4-2-9)12-7-14-8-15-12/h1-4,8,11-12,16H,5-7H2,(H,14,15)(H,17,18). The van der Waals surface area contributed by atoms with E-state index in [1.165, 1.54) is 0 Å². The van der Waals surface area contributed by atoms with Crippen LogP contribution in [-0.4, -0.2) is 35.2 Å². The number of carboxylic acid groups (broad SMARTS) is 1. The van der Waals surface area contributed by atoms with Gasteiger partial charge in [0.05, 0.1) is 31.4 Å². The molecule has 0 bridgehead atoms. The molecule has 0 amide bonds. The third-order valence-corrected chi connectivity index (χ3v) is 2.92. The first-order chi connectivity index (χ1) is 8.65. The summed E-state index contributed by atoms with van der Waals surface area (Å²) in [4.78, 5) is 14.5. The lowest BCUT2D eigenvalue weighted by Crippen LogP contribution is -2.17. The SMILES string of the molecule is O=C(O)CC(O)Cc1ccc(C2CN=CN2)cc1. The zero-order chi connectivity index (χ0) is 13.0. The third kappa shape index (κ3) is 3.30. The molecule has 0 fully saturated rings. The second kappa shape index (κ2) is 5.64. The number of hydrogen-bond donors (Lipinski definition) is 3. The zero-order valence-corrected chi connectivity index (χ0v) is 9.91. The van der Waals surface area contributed by atoms with Gasteiger partial charge in [0.2, 0.25) is 0 Å². The summed E-state index contributed by atoms with van der Waals surface area (Å²) in [5.41, 5.74) is 2.08. The van der Waals surface area contributed by atoms with Crippen LogP contribution in [0.15, 0.2) is 29.3 Å². The number of carboxylic acids is 1. The average Bonchev–Trinajstić information content (AvgIpc) is 2.82. The molecule has 0 saturated heterocycles.